The Kier molecular flexibility index (Phi) is 5.76. The molecule has 10 nitrogen and oxygen atoms in total. The standard InChI is InChI=1S/C21H23N5O5S/c1-13-4-5-16(29-2)19(6-13)32(27,28)25-21-20-17(30-3)7-14(8-18(20)31-24-21)11-26-12-15(9-22)10-23-26/h4-8,10,12H,9,11,22H2,1-3H3,(H,24,25). The lowest BCUT2D eigenvalue weighted by Gasteiger charge is -2.11. The van der Waals surface area contributed by atoms with E-state index in [1.807, 2.05) is 6.20 Å². The van der Waals surface area contributed by atoms with E-state index in [1.54, 1.807) is 42.1 Å². The number of ether oxygens (including phenoxy) is 2. The number of benzene rings is 2. The van der Waals surface area contributed by atoms with Gasteiger partial charge in [0, 0.05) is 18.3 Å². The molecule has 3 N–H and O–H groups in total. The van der Waals surface area contributed by atoms with Crippen LogP contribution in [0.25, 0.3) is 11.0 Å². The second-order valence-corrected chi connectivity index (χ2v) is 8.86. The Morgan fingerprint density at radius 3 is 2.59 bits per heavy atom. The fraction of sp³-hybridized carbons (Fsp3) is 0.238. The van der Waals surface area contributed by atoms with Gasteiger partial charge in [-0.15, -0.1) is 0 Å². The summed E-state index contributed by atoms with van der Waals surface area (Å²) in [5.41, 5.74) is 8.54. The second kappa shape index (κ2) is 8.52. The molecule has 2 aromatic carbocycles. The number of sulfonamides is 1. The van der Waals surface area contributed by atoms with Crippen molar-refractivity contribution in [3.63, 3.8) is 0 Å². The third-order valence-electron chi connectivity index (χ3n) is 4.92. The van der Waals surface area contributed by atoms with Gasteiger partial charge in [0.05, 0.1) is 27.0 Å². The lowest BCUT2D eigenvalue weighted by atomic mass is 10.1. The van der Waals surface area contributed by atoms with E-state index < -0.39 is 10.0 Å². The van der Waals surface area contributed by atoms with Crippen LogP contribution in [0.5, 0.6) is 11.5 Å². The molecule has 0 radical (unpaired) electrons. The van der Waals surface area contributed by atoms with Crippen molar-refractivity contribution in [1.82, 2.24) is 14.9 Å². The number of aromatic nitrogens is 3. The van der Waals surface area contributed by atoms with Gasteiger partial charge in [-0.25, -0.2) is 8.42 Å². The van der Waals surface area contributed by atoms with Gasteiger partial charge in [0.1, 0.15) is 21.8 Å². The molecule has 0 amide bonds. The summed E-state index contributed by atoms with van der Waals surface area (Å²) in [7, 11) is -1.10. The lowest BCUT2D eigenvalue weighted by molar-refractivity contribution is 0.402. The first-order valence-corrected chi connectivity index (χ1v) is 11.2. The number of hydrogen-bond acceptors (Lipinski definition) is 8. The molecule has 0 unspecified atom stereocenters. The van der Waals surface area contributed by atoms with Crippen LogP contribution >= 0.6 is 0 Å². The highest BCUT2D eigenvalue weighted by Gasteiger charge is 2.24. The van der Waals surface area contributed by atoms with Gasteiger partial charge < -0.3 is 19.7 Å². The molecule has 2 heterocycles. The molecule has 0 aliphatic carbocycles. The molecule has 11 heteroatoms. The molecule has 0 saturated carbocycles. The fourth-order valence-electron chi connectivity index (χ4n) is 3.37. The van der Waals surface area contributed by atoms with Crippen molar-refractivity contribution in [3.8, 4) is 11.5 Å². The van der Waals surface area contributed by atoms with E-state index in [0.717, 1.165) is 16.7 Å². The number of rotatable bonds is 8. The van der Waals surface area contributed by atoms with Crippen molar-refractivity contribution < 1.29 is 22.4 Å². The molecule has 0 spiro atoms. The zero-order valence-corrected chi connectivity index (χ0v) is 18.6. The van der Waals surface area contributed by atoms with E-state index in [1.165, 1.54) is 20.3 Å². The lowest BCUT2D eigenvalue weighted by Crippen LogP contribution is -2.15. The first kappa shape index (κ1) is 21.7. The molecule has 32 heavy (non-hydrogen) atoms. The van der Waals surface area contributed by atoms with Crippen molar-refractivity contribution in [3.05, 3.63) is 59.4 Å². The molecular formula is C21H23N5O5S. The molecule has 4 aromatic rings. The molecule has 0 fully saturated rings. The molecule has 0 bridgehead atoms. The van der Waals surface area contributed by atoms with Crippen LogP contribution in [0, 0.1) is 6.92 Å². The van der Waals surface area contributed by atoms with Gasteiger partial charge in [0.2, 0.25) is 0 Å². The smallest absolute Gasteiger partial charge is 0.266 e. The first-order chi connectivity index (χ1) is 15.3. The van der Waals surface area contributed by atoms with Gasteiger partial charge in [0.15, 0.2) is 11.4 Å². The maximum Gasteiger partial charge on any atom is 0.266 e. The molecule has 0 aliphatic heterocycles. The number of methoxy groups -OCH3 is 2. The van der Waals surface area contributed by atoms with Crippen LogP contribution < -0.4 is 19.9 Å². The van der Waals surface area contributed by atoms with Gasteiger partial charge in [-0.05, 0) is 42.3 Å². The van der Waals surface area contributed by atoms with E-state index in [0.29, 0.717) is 29.8 Å². The van der Waals surface area contributed by atoms with Gasteiger partial charge in [-0.2, -0.15) is 5.10 Å². The van der Waals surface area contributed by atoms with Gasteiger partial charge in [0.25, 0.3) is 10.0 Å². The maximum absolute atomic E-state index is 13.1. The summed E-state index contributed by atoms with van der Waals surface area (Å²) < 4.78 is 46.5. The fourth-order valence-corrected chi connectivity index (χ4v) is 4.63. The van der Waals surface area contributed by atoms with E-state index in [4.69, 9.17) is 19.7 Å². The molecule has 4 rings (SSSR count). The van der Waals surface area contributed by atoms with Crippen molar-refractivity contribution >= 4 is 26.8 Å². The summed E-state index contributed by atoms with van der Waals surface area (Å²) in [6, 6.07) is 8.44. The minimum atomic E-state index is -4.00. The monoisotopic (exact) mass is 457 g/mol. The largest absolute Gasteiger partial charge is 0.496 e. The molecule has 168 valence electrons. The minimum absolute atomic E-state index is 0.00104. The van der Waals surface area contributed by atoms with Crippen molar-refractivity contribution in [1.29, 1.82) is 0 Å². The minimum Gasteiger partial charge on any atom is -0.496 e. The Bertz CT molecular complexity index is 1380. The molecule has 0 atom stereocenters. The summed E-state index contributed by atoms with van der Waals surface area (Å²) in [4.78, 5) is 0.00104. The maximum atomic E-state index is 13.1. The first-order valence-electron chi connectivity index (χ1n) is 9.69. The number of nitrogens with one attached hydrogen (secondary N) is 1. The normalized spacial score (nSPS) is 11.6. The topological polar surface area (TPSA) is 134 Å². The molecule has 0 aliphatic rings. The average molecular weight is 458 g/mol. The van der Waals surface area contributed by atoms with Crippen molar-refractivity contribution in [2.24, 2.45) is 5.73 Å². The average Bonchev–Trinajstić information content (AvgIpc) is 3.39. The summed E-state index contributed by atoms with van der Waals surface area (Å²) in [5.74, 6) is 0.663. The number of nitrogens with two attached hydrogens (primary N) is 1. The highest BCUT2D eigenvalue weighted by Crippen LogP contribution is 2.36. The van der Waals surface area contributed by atoms with Crippen molar-refractivity contribution in [2.45, 2.75) is 24.9 Å². The van der Waals surface area contributed by atoms with Crippen LogP contribution in [0.3, 0.4) is 0 Å². The Balaban J connectivity index is 1.70. The number of hydrogen-bond donors (Lipinski definition) is 2. The predicted octanol–water partition coefficient (Wildman–Crippen LogP) is 2.66. The highest BCUT2D eigenvalue weighted by atomic mass is 32.2. The van der Waals surface area contributed by atoms with E-state index in [9.17, 15) is 8.42 Å². The Hall–Kier alpha value is -3.57. The number of nitrogens with zero attached hydrogens (tertiary/aromatic N) is 3. The van der Waals surface area contributed by atoms with E-state index in [2.05, 4.69) is 15.0 Å². The van der Waals surface area contributed by atoms with Gasteiger partial charge in [-0.1, -0.05) is 11.2 Å². The Labute approximate surface area is 185 Å². The SMILES string of the molecule is COc1ccc(C)cc1S(=O)(=O)Nc1noc2cc(Cn3cc(CN)cn3)cc(OC)c12. The van der Waals surface area contributed by atoms with Crippen molar-refractivity contribution in [2.75, 3.05) is 18.9 Å². The van der Waals surface area contributed by atoms with Gasteiger partial charge in [-0.3, -0.25) is 9.40 Å². The molecule has 0 saturated heterocycles. The number of fused-ring (bicyclic) bond motifs is 1. The van der Waals surface area contributed by atoms with Crippen LogP contribution in [0.15, 0.2) is 52.1 Å². The summed E-state index contributed by atoms with van der Waals surface area (Å²) >= 11 is 0. The quantitative estimate of drug-likeness (QED) is 0.412. The zero-order chi connectivity index (χ0) is 22.9. The predicted molar refractivity (Wildman–Crippen MR) is 118 cm³/mol. The second-order valence-electron chi connectivity index (χ2n) is 7.21. The van der Waals surface area contributed by atoms with Crippen LogP contribution in [0.2, 0.25) is 0 Å². The van der Waals surface area contributed by atoms with Crippen LogP contribution in [-0.2, 0) is 23.1 Å². The highest BCUT2D eigenvalue weighted by molar-refractivity contribution is 7.92. The number of anilines is 1. The third kappa shape index (κ3) is 4.12. The third-order valence-corrected chi connectivity index (χ3v) is 6.28. The van der Waals surface area contributed by atoms with Crippen LogP contribution in [-0.4, -0.2) is 37.6 Å². The molecule has 2 aromatic heterocycles. The number of aryl methyl sites for hydroxylation is 1. The Morgan fingerprint density at radius 2 is 1.91 bits per heavy atom. The van der Waals surface area contributed by atoms with E-state index in [-0.39, 0.29) is 16.5 Å². The van der Waals surface area contributed by atoms with Crippen LogP contribution in [0.4, 0.5) is 5.82 Å². The molecular weight excluding hydrogens is 434 g/mol. The van der Waals surface area contributed by atoms with Gasteiger partial charge >= 0.3 is 0 Å². The summed E-state index contributed by atoms with van der Waals surface area (Å²) in [6.07, 6.45) is 3.56. The zero-order valence-electron chi connectivity index (χ0n) is 17.8. The Morgan fingerprint density at radius 1 is 1.12 bits per heavy atom. The van der Waals surface area contributed by atoms with E-state index >= 15 is 0 Å². The van der Waals surface area contributed by atoms with Crippen LogP contribution in [0.1, 0.15) is 16.7 Å². The summed E-state index contributed by atoms with van der Waals surface area (Å²) in [5, 5.41) is 8.62. The summed E-state index contributed by atoms with van der Waals surface area (Å²) in [6.45, 7) is 2.65.